The van der Waals surface area contributed by atoms with Crippen LogP contribution in [0.5, 0.6) is 11.5 Å². The first-order valence-electron chi connectivity index (χ1n) is 7.40. The van der Waals surface area contributed by atoms with E-state index in [4.69, 9.17) is 25.8 Å². The van der Waals surface area contributed by atoms with E-state index in [0.29, 0.717) is 23.9 Å². The van der Waals surface area contributed by atoms with Gasteiger partial charge in [0.1, 0.15) is 0 Å². The van der Waals surface area contributed by atoms with Gasteiger partial charge in [0.25, 0.3) is 0 Å². The fourth-order valence-electron chi connectivity index (χ4n) is 1.95. The van der Waals surface area contributed by atoms with E-state index < -0.39 is 0 Å². The Morgan fingerprint density at radius 3 is 2.59 bits per heavy atom. The fourth-order valence-corrected chi connectivity index (χ4v) is 2.18. The second-order valence-electron chi connectivity index (χ2n) is 4.98. The van der Waals surface area contributed by atoms with Crippen LogP contribution in [0.25, 0.3) is 0 Å². The van der Waals surface area contributed by atoms with Gasteiger partial charge in [-0.05, 0) is 39.8 Å². The first-order valence-corrected chi connectivity index (χ1v) is 7.77. The van der Waals surface area contributed by atoms with E-state index in [2.05, 4.69) is 5.32 Å². The number of rotatable bonds is 10. The highest BCUT2D eigenvalue weighted by molar-refractivity contribution is 6.30. The van der Waals surface area contributed by atoms with Gasteiger partial charge in [0, 0.05) is 29.8 Å². The van der Waals surface area contributed by atoms with E-state index in [-0.39, 0.29) is 18.5 Å². The second-order valence-corrected chi connectivity index (χ2v) is 5.42. The summed E-state index contributed by atoms with van der Waals surface area (Å²) >= 11 is 6.11. The summed E-state index contributed by atoms with van der Waals surface area (Å²) in [6.07, 6.45) is 1.26. The molecule has 0 unspecified atom stereocenters. The molecule has 0 aliphatic rings. The molecule has 1 N–H and O–H groups in total. The lowest BCUT2D eigenvalue weighted by molar-refractivity contribution is 0.0770. The van der Waals surface area contributed by atoms with E-state index in [0.717, 1.165) is 30.9 Å². The predicted octanol–water partition coefficient (Wildman–Crippen LogP) is 4.07. The van der Waals surface area contributed by atoms with Crippen molar-refractivity contribution in [3.05, 3.63) is 22.7 Å². The number of ether oxygens (including phenoxy) is 3. The van der Waals surface area contributed by atoms with E-state index in [1.165, 1.54) is 0 Å². The van der Waals surface area contributed by atoms with E-state index in [1.807, 2.05) is 26.8 Å². The minimum atomic E-state index is 0. The summed E-state index contributed by atoms with van der Waals surface area (Å²) < 4.78 is 16.5. The highest BCUT2D eigenvalue weighted by Gasteiger charge is 2.12. The molecule has 6 heteroatoms. The van der Waals surface area contributed by atoms with Gasteiger partial charge < -0.3 is 19.5 Å². The number of nitrogens with one attached hydrogen (secondary N) is 1. The van der Waals surface area contributed by atoms with Gasteiger partial charge in [-0.25, -0.2) is 0 Å². The monoisotopic (exact) mass is 351 g/mol. The highest BCUT2D eigenvalue weighted by Crippen LogP contribution is 2.34. The second kappa shape index (κ2) is 11.8. The smallest absolute Gasteiger partial charge is 0.165 e. The lowest BCUT2D eigenvalue weighted by Crippen LogP contribution is -2.18. The van der Waals surface area contributed by atoms with Gasteiger partial charge in [0.15, 0.2) is 11.5 Å². The molecule has 0 aromatic heterocycles. The predicted molar refractivity (Wildman–Crippen MR) is 93.8 cm³/mol. The van der Waals surface area contributed by atoms with Crippen molar-refractivity contribution in [1.29, 1.82) is 0 Å². The van der Waals surface area contributed by atoms with Gasteiger partial charge in [-0.3, -0.25) is 0 Å². The molecule has 1 rings (SSSR count). The summed E-state index contributed by atoms with van der Waals surface area (Å²) in [5.74, 6) is 1.43. The Hall–Kier alpha value is -0.680. The lowest BCUT2D eigenvalue weighted by atomic mass is 10.1. The quantitative estimate of drug-likeness (QED) is 0.645. The molecular formula is C16H27Cl2NO3. The average Bonchev–Trinajstić information content (AvgIpc) is 2.44. The van der Waals surface area contributed by atoms with Crippen LogP contribution in [0.1, 0.15) is 32.8 Å². The molecule has 0 spiro atoms. The molecule has 22 heavy (non-hydrogen) atoms. The Bertz CT molecular complexity index is 428. The van der Waals surface area contributed by atoms with Gasteiger partial charge in [-0.15, -0.1) is 12.4 Å². The van der Waals surface area contributed by atoms with Crippen LogP contribution >= 0.6 is 24.0 Å². The zero-order chi connectivity index (χ0) is 15.7. The van der Waals surface area contributed by atoms with Gasteiger partial charge >= 0.3 is 0 Å². The Kier molecular flexibility index (Phi) is 11.5. The van der Waals surface area contributed by atoms with Crippen molar-refractivity contribution in [1.82, 2.24) is 5.32 Å². The number of hydrogen-bond donors (Lipinski definition) is 1. The number of benzene rings is 1. The van der Waals surface area contributed by atoms with Crippen molar-refractivity contribution >= 4 is 24.0 Å². The Morgan fingerprint density at radius 1 is 1.27 bits per heavy atom. The van der Waals surface area contributed by atoms with E-state index in [9.17, 15) is 0 Å². The zero-order valence-corrected chi connectivity index (χ0v) is 15.4. The van der Waals surface area contributed by atoms with Crippen molar-refractivity contribution in [2.45, 2.75) is 39.8 Å². The largest absolute Gasteiger partial charge is 0.493 e. The molecule has 0 saturated heterocycles. The number of hydrogen-bond acceptors (Lipinski definition) is 4. The first-order chi connectivity index (χ1) is 10.1. The van der Waals surface area contributed by atoms with Crippen LogP contribution in [-0.2, 0) is 11.3 Å². The number of methoxy groups -OCH3 is 1. The molecule has 0 aliphatic carbocycles. The lowest BCUT2D eigenvalue weighted by Gasteiger charge is -2.15. The fraction of sp³-hybridized carbons (Fsp3) is 0.625. The van der Waals surface area contributed by atoms with Crippen molar-refractivity contribution in [3.8, 4) is 11.5 Å². The zero-order valence-electron chi connectivity index (χ0n) is 13.8. The summed E-state index contributed by atoms with van der Waals surface area (Å²) in [5.41, 5.74) is 1.01. The molecule has 0 heterocycles. The molecule has 128 valence electrons. The summed E-state index contributed by atoms with van der Waals surface area (Å²) in [6, 6.07) is 3.68. The third-order valence-corrected chi connectivity index (χ3v) is 3.09. The molecule has 0 saturated carbocycles. The van der Waals surface area contributed by atoms with Crippen LogP contribution in [0.2, 0.25) is 5.02 Å². The van der Waals surface area contributed by atoms with Crippen LogP contribution in [0, 0.1) is 0 Å². The third kappa shape index (κ3) is 7.54. The average molecular weight is 352 g/mol. The van der Waals surface area contributed by atoms with Gasteiger partial charge in [0.2, 0.25) is 0 Å². The molecule has 0 amide bonds. The maximum absolute atomic E-state index is 6.11. The minimum absolute atomic E-state index is 0. The molecule has 1 aromatic carbocycles. The number of halogens is 2. The van der Waals surface area contributed by atoms with Crippen molar-refractivity contribution < 1.29 is 14.2 Å². The molecule has 0 radical (unpaired) electrons. The Labute approximate surface area is 144 Å². The maximum atomic E-state index is 6.11. The maximum Gasteiger partial charge on any atom is 0.165 e. The van der Waals surface area contributed by atoms with Crippen molar-refractivity contribution in [2.75, 3.05) is 26.9 Å². The van der Waals surface area contributed by atoms with Crippen molar-refractivity contribution in [2.24, 2.45) is 0 Å². The van der Waals surface area contributed by atoms with Crippen molar-refractivity contribution in [3.63, 3.8) is 0 Å². The first kappa shape index (κ1) is 21.3. The highest BCUT2D eigenvalue weighted by atomic mass is 35.5. The Balaban J connectivity index is 0.00000441. The Morgan fingerprint density at radius 2 is 2.00 bits per heavy atom. The summed E-state index contributed by atoms with van der Waals surface area (Å²) in [7, 11) is 1.62. The van der Waals surface area contributed by atoms with Gasteiger partial charge in [0.05, 0.1) is 19.8 Å². The molecule has 0 atom stereocenters. The summed E-state index contributed by atoms with van der Waals surface area (Å²) in [5, 5.41) is 4.03. The molecule has 0 bridgehead atoms. The van der Waals surface area contributed by atoms with Crippen LogP contribution in [0.15, 0.2) is 12.1 Å². The van der Waals surface area contributed by atoms with E-state index >= 15 is 0 Å². The summed E-state index contributed by atoms with van der Waals surface area (Å²) in [4.78, 5) is 0. The topological polar surface area (TPSA) is 39.7 Å². The normalized spacial score (nSPS) is 10.5. The van der Waals surface area contributed by atoms with Gasteiger partial charge in [-0.2, -0.15) is 0 Å². The molecular weight excluding hydrogens is 325 g/mol. The summed E-state index contributed by atoms with van der Waals surface area (Å²) in [6.45, 7) is 8.96. The van der Waals surface area contributed by atoms with E-state index in [1.54, 1.807) is 13.2 Å². The standard InChI is InChI=1S/C16H26ClNO3.ClH/c1-5-20-16-13(9-14(17)10-15(16)19-4)11-18-7-6-8-21-12(2)3;/h9-10,12,18H,5-8,11H2,1-4H3;1H. The minimum Gasteiger partial charge on any atom is -0.493 e. The van der Waals surface area contributed by atoms with Crippen LogP contribution in [0.3, 0.4) is 0 Å². The van der Waals surface area contributed by atoms with Gasteiger partial charge in [-0.1, -0.05) is 11.6 Å². The van der Waals surface area contributed by atoms with Crippen LogP contribution in [-0.4, -0.2) is 33.0 Å². The molecule has 0 fully saturated rings. The SMILES string of the molecule is CCOc1c(CNCCCOC(C)C)cc(Cl)cc1OC.Cl. The molecule has 4 nitrogen and oxygen atoms in total. The molecule has 1 aromatic rings. The third-order valence-electron chi connectivity index (χ3n) is 2.87. The van der Waals surface area contributed by atoms with Crippen LogP contribution < -0.4 is 14.8 Å². The molecule has 0 aliphatic heterocycles. The van der Waals surface area contributed by atoms with Crippen LogP contribution in [0.4, 0.5) is 0 Å².